The molecular weight excluding hydrogens is 220 g/mol. The summed E-state index contributed by atoms with van der Waals surface area (Å²) in [4.78, 5) is 2.42. The van der Waals surface area contributed by atoms with E-state index in [1.54, 1.807) is 0 Å². The molecule has 1 aliphatic rings. The molecule has 0 saturated carbocycles. The Labute approximate surface area is 104 Å². The molecule has 0 saturated heterocycles. The predicted octanol–water partition coefficient (Wildman–Crippen LogP) is 2.45. The second-order valence-corrected chi connectivity index (χ2v) is 4.82. The van der Waals surface area contributed by atoms with Gasteiger partial charge in [0, 0.05) is 24.8 Å². The zero-order valence-corrected chi connectivity index (χ0v) is 10.8. The predicted molar refractivity (Wildman–Crippen MR) is 72.4 cm³/mol. The van der Waals surface area contributed by atoms with E-state index in [4.69, 9.17) is 5.73 Å². The highest BCUT2D eigenvalue weighted by atomic mass is 35.5. The van der Waals surface area contributed by atoms with Crippen molar-refractivity contribution in [1.82, 2.24) is 0 Å². The van der Waals surface area contributed by atoms with Gasteiger partial charge >= 0.3 is 0 Å². The Hall–Kier alpha value is -0.730. The lowest BCUT2D eigenvalue weighted by Gasteiger charge is -2.35. The first kappa shape index (κ1) is 13.3. The van der Waals surface area contributed by atoms with Crippen molar-refractivity contribution >= 4 is 18.1 Å². The smallest absolute Gasteiger partial charge is 0.0399 e. The molecule has 2 nitrogen and oxygen atoms in total. The van der Waals surface area contributed by atoms with Gasteiger partial charge in [-0.25, -0.2) is 0 Å². The molecule has 0 radical (unpaired) electrons. The summed E-state index contributed by atoms with van der Waals surface area (Å²) in [6.45, 7) is 6.48. The third kappa shape index (κ3) is 2.89. The molecule has 1 aromatic carbocycles. The van der Waals surface area contributed by atoms with Crippen LogP contribution in [0.5, 0.6) is 0 Å². The molecule has 1 aliphatic heterocycles. The molecule has 3 heteroatoms. The van der Waals surface area contributed by atoms with Crippen LogP contribution in [0.15, 0.2) is 24.3 Å². The number of hydrogen-bond donors (Lipinski definition) is 1. The number of hydrogen-bond acceptors (Lipinski definition) is 2. The van der Waals surface area contributed by atoms with E-state index in [-0.39, 0.29) is 18.4 Å². The van der Waals surface area contributed by atoms with E-state index < -0.39 is 0 Å². The molecular formula is C13H21ClN2. The van der Waals surface area contributed by atoms with E-state index in [1.165, 1.54) is 17.7 Å². The second kappa shape index (κ2) is 5.55. The van der Waals surface area contributed by atoms with Gasteiger partial charge in [-0.05, 0) is 30.9 Å². The van der Waals surface area contributed by atoms with Crippen LogP contribution in [0.3, 0.4) is 0 Å². The quantitative estimate of drug-likeness (QED) is 0.861. The van der Waals surface area contributed by atoms with Crippen LogP contribution in [0.4, 0.5) is 5.69 Å². The van der Waals surface area contributed by atoms with E-state index in [9.17, 15) is 0 Å². The highest BCUT2D eigenvalue weighted by Crippen LogP contribution is 2.29. The minimum Gasteiger partial charge on any atom is -0.369 e. The van der Waals surface area contributed by atoms with E-state index in [0.29, 0.717) is 0 Å². The summed E-state index contributed by atoms with van der Waals surface area (Å²) in [5.41, 5.74) is 8.74. The van der Waals surface area contributed by atoms with Crippen LogP contribution in [-0.2, 0) is 6.42 Å². The number of fused-ring (bicyclic) bond motifs is 1. The molecule has 0 aliphatic carbocycles. The highest BCUT2D eigenvalue weighted by Gasteiger charge is 2.21. The standard InChI is InChI=1S/C13H20N2.ClH/c1-10-7-12-5-3-4-6-13(12)15(8-10)9-11(2)14;/h3-6,10-11H,7-9,14H2,1-2H3;1H. The Morgan fingerprint density at radius 3 is 2.81 bits per heavy atom. The van der Waals surface area contributed by atoms with Gasteiger partial charge in [-0.2, -0.15) is 0 Å². The average molecular weight is 241 g/mol. The zero-order valence-electron chi connectivity index (χ0n) is 10.0. The van der Waals surface area contributed by atoms with Crippen molar-refractivity contribution in [2.45, 2.75) is 26.3 Å². The van der Waals surface area contributed by atoms with E-state index in [2.05, 4.69) is 43.0 Å². The summed E-state index contributed by atoms with van der Waals surface area (Å²) in [6, 6.07) is 8.93. The van der Waals surface area contributed by atoms with Gasteiger partial charge in [0.2, 0.25) is 0 Å². The first-order valence-electron chi connectivity index (χ1n) is 5.75. The van der Waals surface area contributed by atoms with Crippen molar-refractivity contribution in [2.24, 2.45) is 11.7 Å². The summed E-state index contributed by atoms with van der Waals surface area (Å²) >= 11 is 0. The number of nitrogens with zero attached hydrogens (tertiary/aromatic N) is 1. The van der Waals surface area contributed by atoms with Crippen LogP contribution in [0.1, 0.15) is 19.4 Å². The number of para-hydroxylation sites is 1. The molecule has 2 N–H and O–H groups in total. The number of halogens is 1. The van der Waals surface area contributed by atoms with E-state index in [0.717, 1.165) is 19.0 Å². The van der Waals surface area contributed by atoms with Crippen molar-refractivity contribution < 1.29 is 0 Å². The molecule has 16 heavy (non-hydrogen) atoms. The van der Waals surface area contributed by atoms with Gasteiger partial charge in [0.25, 0.3) is 0 Å². The summed E-state index contributed by atoms with van der Waals surface area (Å²) in [5.74, 6) is 0.735. The molecule has 0 aromatic heterocycles. The van der Waals surface area contributed by atoms with Crippen LogP contribution in [0, 0.1) is 5.92 Å². The number of anilines is 1. The van der Waals surface area contributed by atoms with Gasteiger partial charge in [0.05, 0.1) is 0 Å². The maximum absolute atomic E-state index is 5.88. The van der Waals surface area contributed by atoms with Crippen LogP contribution >= 0.6 is 12.4 Å². The summed E-state index contributed by atoms with van der Waals surface area (Å²) < 4.78 is 0. The molecule has 0 amide bonds. The Bertz CT molecular complexity index is 338. The van der Waals surface area contributed by atoms with E-state index in [1.807, 2.05) is 0 Å². The number of nitrogens with two attached hydrogens (primary N) is 1. The molecule has 2 rings (SSSR count). The van der Waals surface area contributed by atoms with Gasteiger partial charge < -0.3 is 10.6 Å². The Morgan fingerprint density at radius 2 is 2.12 bits per heavy atom. The molecule has 1 aromatic rings. The lowest BCUT2D eigenvalue weighted by atomic mass is 9.93. The van der Waals surface area contributed by atoms with Crippen molar-refractivity contribution in [3.8, 4) is 0 Å². The van der Waals surface area contributed by atoms with Gasteiger partial charge in [-0.15, -0.1) is 12.4 Å². The monoisotopic (exact) mass is 240 g/mol. The van der Waals surface area contributed by atoms with Crippen LogP contribution in [0.2, 0.25) is 0 Å². The molecule has 2 unspecified atom stereocenters. The largest absolute Gasteiger partial charge is 0.369 e. The van der Waals surface area contributed by atoms with Crippen molar-refractivity contribution in [3.63, 3.8) is 0 Å². The molecule has 0 bridgehead atoms. The van der Waals surface area contributed by atoms with Crippen LogP contribution < -0.4 is 10.6 Å². The summed E-state index contributed by atoms with van der Waals surface area (Å²) in [5, 5.41) is 0. The first-order chi connectivity index (χ1) is 7.16. The van der Waals surface area contributed by atoms with Gasteiger partial charge in [-0.1, -0.05) is 25.1 Å². The Morgan fingerprint density at radius 1 is 1.44 bits per heavy atom. The maximum atomic E-state index is 5.88. The zero-order chi connectivity index (χ0) is 10.8. The average Bonchev–Trinajstić information content (AvgIpc) is 2.16. The number of rotatable bonds is 2. The fourth-order valence-corrected chi connectivity index (χ4v) is 2.43. The molecule has 2 atom stereocenters. The summed E-state index contributed by atoms with van der Waals surface area (Å²) in [6.07, 6.45) is 1.20. The maximum Gasteiger partial charge on any atom is 0.0399 e. The van der Waals surface area contributed by atoms with Crippen LogP contribution in [-0.4, -0.2) is 19.1 Å². The van der Waals surface area contributed by atoms with E-state index >= 15 is 0 Å². The number of benzene rings is 1. The normalized spacial score (nSPS) is 20.9. The lowest BCUT2D eigenvalue weighted by Crippen LogP contribution is -2.41. The second-order valence-electron chi connectivity index (χ2n) is 4.82. The van der Waals surface area contributed by atoms with Crippen LogP contribution in [0.25, 0.3) is 0 Å². The molecule has 1 heterocycles. The minimum absolute atomic E-state index is 0. The fourth-order valence-electron chi connectivity index (χ4n) is 2.43. The third-order valence-electron chi connectivity index (χ3n) is 2.94. The first-order valence-corrected chi connectivity index (χ1v) is 5.75. The van der Waals surface area contributed by atoms with Crippen molar-refractivity contribution in [3.05, 3.63) is 29.8 Å². The molecule has 0 spiro atoms. The van der Waals surface area contributed by atoms with Gasteiger partial charge in [-0.3, -0.25) is 0 Å². The van der Waals surface area contributed by atoms with Gasteiger partial charge in [0.1, 0.15) is 0 Å². The van der Waals surface area contributed by atoms with Gasteiger partial charge in [0.15, 0.2) is 0 Å². The SMILES string of the molecule is CC(N)CN1CC(C)Cc2ccccc21.Cl. The molecule has 90 valence electrons. The minimum atomic E-state index is 0. The summed E-state index contributed by atoms with van der Waals surface area (Å²) in [7, 11) is 0. The van der Waals surface area contributed by atoms with Crippen molar-refractivity contribution in [2.75, 3.05) is 18.0 Å². The highest BCUT2D eigenvalue weighted by molar-refractivity contribution is 5.85. The fraction of sp³-hybridized carbons (Fsp3) is 0.538. The molecule has 0 fully saturated rings. The topological polar surface area (TPSA) is 29.3 Å². The Kier molecular flexibility index (Phi) is 4.63. The third-order valence-corrected chi connectivity index (χ3v) is 2.94. The lowest BCUT2D eigenvalue weighted by molar-refractivity contribution is 0.518. The Balaban J connectivity index is 0.00000128. The van der Waals surface area contributed by atoms with Crippen molar-refractivity contribution in [1.29, 1.82) is 0 Å².